The molecule has 0 unspecified atom stereocenters. The number of carbonyl (C=O) groups excluding carboxylic acids is 2. The summed E-state index contributed by atoms with van der Waals surface area (Å²) in [4.78, 5) is 23.3. The van der Waals surface area contributed by atoms with Crippen molar-refractivity contribution in [1.29, 1.82) is 0 Å². The molecular weight excluding hydrogens is 224 g/mol. The Morgan fingerprint density at radius 2 is 2.12 bits per heavy atom. The molecule has 0 saturated heterocycles. The van der Waals surface area contributed by atoms with E-state index in [2.05, 4.69) is 5.10 Å². The number of hydrogen-bond acceptors (Lipinski definition) is 4. The van der Waals surface area contributed by atoms with Gasteiger partial charge in [-0.15, -0.1) is 0 Å². The Bertz CT molecular complexity index is 514. The molecule has 0 fully saturated rings. The largest absolute Gasteiger partial charge is 0.294 e. The highest BCUT2D eigenvalue weighted by molar-refractivity contribution is 7.08. The zero-order valence-corrected chi connectivity index (χ0v) is 9.53. The van der Waals surface area contributed by atoms with Gasteiger partial charge in [0.05, 0.1) is 18.2 Å². The number of aromatic nitrogens is 2. The Labute approximate surface area is 96.5 Å². The molecule has 0 saturated carbocycles. The SMILES string of the molecule is Cn1cc(C(=O)CC(=O)c2ccsc2)cn1. The summed E-state index contributed by atoms with van der Waals surface area (Å²) in [6, 6.07) is 1.73. The van der Waals surface area contributed by atoms with E-state index in [0.717, 1.165) is 0 Å². The number of aryl methyl sites for hydroxylation is 1. The second-order valence-corrected chi connectivity index (χ2v) is 4.22. The predicted octanol–water partition coefficient (Wildman–Crippen LogP) is 1.94. The minimum absolute atomic E-state index is 0.0948. The Morgan fingerprint density at radius 3 is 2.69 bits per heavy atom. The van der Waals surface area contributed by atoms with Crippen LogP contribution in [0.4, 0.5) is 0 Å². The molecule has 0 aliphatic heterocycles. The zero-order valence-electron chi connectivity index (χ0n) is 8.71. The fraction of sp³-hybridized carbons (Fsp3) is 0.182. The zero-order chi connectivity index (χ0) is 11.5. The average Bonchev–Trinajstić information content (AvgIpc) is 2.87. The summed E-state index contributed by atoms with van der Waals surface area (Å²) < 4.78 is 1.54. The summed E-state index contributed by atoms with van der Waals surface area (Å²) in [5.41, 5.74) is 1.08. The Balaban J connectivity index is 2.06. The third kappa shape index (κ3) is 2.25. The molecule has 0 atom stereocenters. The van der Waals surface area contributed by atoms with Gasteiger partial charge in [0.2, 0.25) is 0 Å². The van der Waals surface area contributed by atoms with Gasteiger partial charge in [-0.05, 0) is 11.4 Å². The van der Waals surface area contributed by atoms with Crippen molar-refractivity contribution in [3.8, 4) is 0 Å². The topological polar surface area (TPSA) is 52.0 Å². The van der Waals surface area contributed by atoms with Crippen molar-refractivity contribution in [3.63, 3.8) is 0 Å². The highest BCUT2D eigenvalue weighted by atomic mass is 32.1. The van der Waals surface area contributed by atoms with Crippen molar-refractivity contribution in [2.75, 3.05) is 0 Å². The number of hydrogen-bond donors (Lipinski definition) is 0. The van der Waals surface area contributed by atoms with E-state index < -0.39 is 0 Å². The lowest BCUT2D eigenvalue weighted by Gasteiger charge is -1.95. The first kappa shape index (κ1) is 10.8. The third-order valence-corrected chi connectivity index (χ3v) is 2.87. The molecule has 0 radical (unpaired) electrons. The van der Waals surface area contributed by atoms with Crippen LogP contribution in [0, 0.1) is 0 Å². The van der Waals surface area contributed by atoms with Crippen LogP contribution in [0.1, 0.15) is 27.1 Å². The molecule has 4 nitrogen and oxygen atoms in total. The van der Waals surface area contributed by atoms with Crippen LogP contribution in [0.25, 0.3) is 0 Å². The van der Waals surface area contributed by atoms with Gasteiger partial charge in [-0.25, -0.2) is 0 Å². The van der Waals surface area contributed by atoms with Gasteiger partial charge in [-0.3, -0.25) is 14.3 Å². The molecule has 16 heavy (non-hydrogen) atoms. The highest BCUT2D eigenvalue weighted by Gasteiger charge is 2.14. The highest BCUT2D eigenvalue weighted by Crippen LogP contribution is 2.11. The van der Waals surface area contributed by atoms with Gasteiger partial charge < -0.3 is 0 Å². The van der Waals surface area contributed by atoms with E-state index in [9.17, 15) is 9.59 Å². The lowest BCUT2D eigenvalue weighted by atomic mass is 10.1. The summed E-state index contributed by atoms with van der Waals surface area (Å²) in [5, 5.41) is 7.46. The van der Waals surface area contributed by atoms with Crippen LogP contribution in [0.3, 0.4) is 0 Å². The second kappa shape index (κ2) is 4.40. The van der Waals surface area contributed by atoms with Crippen LogP contribution in [-0.2, 0) is 7.05 Å². The summed E-state index contributed by atoms with van der Waals surface area (Å²) in [6.45, 7) is 0. The summed E-state index contributed by atoms with van der Waals surface area (Å²) in [5.74, 6) is -0.334. The number of carbonyl (C=O) groups is 2. The molecule has 82 valence electrons. The quantitative estimate of drug-likeness (QED) is 0.600. The summed E-state index contributed by atoms with van der Waals surface area (Å²) >= 11 is 1.45. The molecule has 2 heterocycles. The van der Waals surface area contributed by atoms with Gasteiger partial charge in [0, 0.05) is 24.2 Å². The van der Waals surface area contributed by atoms with Gasteiger partial charge in [0.25, 0.3) is 0 Å². The van der Waals surface area contributed by atoms with Crippen LogP contribution in [0.2, 0.25) is 0 Å². The number of rotatable bonds is 4. The Morgan fingerprint density at radius 1 is 1.38 bits per heavy atom. The number of thiophene rings is 1. The summed E-state index contributed by atoms with van der Waals surface area (Å²) in [6.07, 6.45) is 2.99. The molecule has 5 heteroatoms. The fourth-order valence-electron chi connectivity index (χ4n) is 1.34. The van der Waals surface area contributed by atoms with Crippen molar-refractivity contribution in [2.45, 2.75) is 6.42 Å². The monoisotopic (exact) mass is 234 g/mol. The standard InChI is InChI=1S/C11H10N2O2S/c1-13-6-9(5-12-13)11(15)4-10(14)8-2-3-16-7-8/h2-3,5-7H,4H2,1H3. The Hall–Kier alpha value is -1.75. The van der Waals surface area contributed by atoms with Crippen molar-refractivity contribution >= 4 is 22.9 Å². The summed E-state index contributed by atoms with van der Waals surface area (Å²) in [7, 11) is 1.73. The van der Waals surface area contributed by atoms with E-state index in [1.54, 1.807) is 29.4 Å². The average molecular weight is 234 g/mol. The van der Waals surface area contributed by atoms with Gasteiger partial charge in [0.15, 0.2) is 11.6 Å². The number of nitrogens with zero attached hydrogens (tertiary/aromatic N) is 2. The fourth-order valence-corrected chi connectivity index (χ4v) is 2.00. The van der Waals surface area contributed by atoms with Crippen LogP contribution >= 0.6 is 11.3 Å². The van der Waals surface area contributed by atoms with E-state index in [-0.39, 0.29) is 18.0 Å². The molecule has 2 aromatic heterocycles. The Kier molecular flexibility index (Phi) is 2.96. The smallest absolute Gasteiger partial charge is 0.173 e. The predicted molar refractivity (Wildman–Crippen MR) is 60.8 cm³/mol. The molecule has 0 N–H and O–H groups in total. The molecule has 2 rings (SSSR count). The normalized spacial score (nSPS) is 10.3. The third-order valence-electron chi connectivity index (χ3n) is 2.19. The number of ketones is 2. The maximum atomic E-state index is 11.7. The van der Waals surface area contributed by atoms with E-state index in [1.165, 1.54) is 17.5 Å². The van der Waals surface area contributed by atoms with Crippen molar-refractivity contribution < 1.29 is 9.59 Å². The molecular formula is C11H10N2O2S. The molecule has 2 aromatic rings. The first-order valence-electron chi connectivity index (χ1n) is 4.74. The lowest BCUT2D eigenvalue weighted by Crippen LogP contribution is -2.07. The second-order valence-electron chi connectivity index (χ2n) is 3.44. The van der Waals surface area contributed by atoms with Gasteiger partial charge in [-0.1, -0.05) is 0 Å². The van der Waals surface area contributed by atoms with E-state index in [1.807, 2.05) is 5.38 Å². The molecule has 0 aliphatic rings. The molecule has 0 spiro atoms. The van der Waals surface area contributed by atoms with E-state index >= 15 is 0 Å². The minimum atomic E-state index is -0.190. The molecule has 0 aliphatic carbocycles. The van der Waals surface area contributed by atoms with Gasteiger partial charge in [-0.2, -0.15) is 16.4 Å². The van der Waals surface area contributed by atoms with Crippen LogP contribution in [0.15, 0.2) is 29.2 Å². The molecule has 0 bridgehead atoms. The molecule has 0 aromatic carbocycles. The van der Waals surface area contributed by atoms with Crippen LogP contribution in [0.5, 0.6) is 0 Å². The maximum absolute atomic E-state index is 11.7. The van der Waals surface area contributed by atoms with Gasteiger partial charge in [0.1, 0.15) is 0 Å². The maximum Gasteiger partial charge on any atom is 0.173 e. The first-order valence-corrected chi connectivity index (χ1v) is 5.68. The van der Waals surface area contributed by atoms with Crippen LogP contribution < -0.4 is 0 Å². The lowest BCUT2D eigenvalue weighted by molar-refractivity contribution is 0.0894. The minimum Gasteiger partial charge on any atom is -0.294 e. The van der Waals surface area contributed by atoms with E-state index in [4.69, 9.17) is 0 Å². The number of Topliss-reactive ketones (excluding diaryl/α,β-unsaturated/α-hetero) is 2. The van der Waals surface area contributed by atoms with E-state index in [0.29, 0.717) is 11.1 Å². The molecule has 0 amide bonds. The van der Waals surface area contributed by atoms with Crippen molar-refractivity contribution in [1.82, 2.24) is 9.78 Å². The van der Waals surface area contributed by atoms with Crippen molar-refractivity contribution in [2.24, 2.45) is 7.05 Å². The van der Waals surface area contributed by atoms with Gasteiger partial charge >= 0.3 is 0 Å². The first-order chi connectivity index (χ1) is 7.66. The van der Waals surface area contributed by atoms with Crippen LogP contribution in [-0.4, -0.2) is 21.3 Å². The van der Waals surface area contributed by atoms with Crippen molar-refractivity contribution in [3.05, 3.63) is 40.3 Å².